The third-order valence-corrected chi connectivity index (χ3v) is 4.43. The number of aromatic nitrogens is 3. The van der Waals surface area contributed by atoms with Gasteiger partial charge in [-0.15, -0.1) is 0 Å². The normalized spacial score (nSPS) is 10.9. The highest BCUT2D eigenvalue weighted by atomic mass is 16.2. The SMILES string of the molecule is CCN(CC)C(=O)c1c(C)nn(-c2ccc(C)cc2)c1-n1cccc1. The topological polar surface area (TPSA) is 43.1 Å². The van der Waals surface area contributed by atoms with Crippen LogP contribution in [-0.4, -0.2) is 38.2 Å². The van der Waals surface area contributed by atoms with E-state index in [-0.39, 0.29) is 5.91 Å². The molecular weight excluding hydrogens is 312 g/mol. The number of rotatable bonds is 5. The van der Waals surface area contributed by atoms with Crippen LogP contribution in [0.2, 0.25) is 0 Å². The first-order valence-corrected chi connectivity index (χ1v) is 8.66. The van der Waals surface area contributed by atoms with Gasteiger partial charge in [-0.05, 0) is 52.0 Å². The van der Waals surface area contributed by atoms with Crippen molar-refractivity contribution in [2.45, 2.75) is 27.7 Å². The van der Waals surface area contributed by atoms with Gasteiger partial charge in [0, 0.05) is 25.5 Å². The minimum absolute atomic E-state index is 0.0181. The zero-order valence-electron chi connectivity index (χ0n) is 15.2. The number of hydrogen-bond acceptors (Lipinski definition) is 2. The molecule has 3 aromatic rings. The number of benzene rings is 1. The highest BCUT2D eigenvalue weighted by Crippen LogP contribution is 2.24. The van der Waals surface area contributed by atoms with E-state index in [1.807, 2.05) is 71.6 Å². The van der Waals surface area contributed by atoms with Crippen molar-refractivity contribution < 1.29 is 4.79 Å². The summed E-state index contributed by atoms with van der Waals surface area (Å²) in [5.41, 5.74) is 3.52. The zero-order valence-corrected chi connectivity index (χ0v) is 15.2. The Morgan fingerprint density at radius 1 is 1.04 bits per heavy atom. The van der Waals surface area contributed by atoms with Crippen LogP contribution in [-0.2, 0) is 0 Å². The molecule has 1 amide bonds. The lowest BCUT2D eigenvalue weighted by molar-refractivity contribution is 0.0772. The van der Waals surface area contributed by atoms with Gasteiger partial charge in [0.25, 0.3) is 5.91 Å². The quantitative estimate of drug-likeness (QED) is 0.712. The monoisotopic (exact) mass is 336 g/mol. The number of nitrogens with zero attached hydrogens (tertiary/aromatic N) is 4. The van der Waals surface area contributed by atoms with Crippen molar-refractivity contribution in [2.24, 2.45) is 0 Å². The van der Waals surface area contributed by atoms with E-state index < -0.39 is 0 Å². The van der Waals surface area contributed by atoms with E-state index in [1.165, 1.54) is 5.56 Å². The molecule has 3 rings (SSSR count). The van der Waals surface area contributed by atoms with Crippen LogP contribution in [0.3, 0.4) is 0 Å². The van der Waals surface area contributed by atoms with Crippen molar-refractivity contribution in [3.05, 3.63) is 65.6 Å². The minimum Gasteiger partial charge on any atom is -0.339 e. The average molecular weight is 336 g/mol. The predicted octanol–water partition coefficient (Wildman–Crippen LogP) is 3.76. The van der Waals surface area contributed by atoms with E-state index >= 15 is 0 Å². The Kier molecular flexibility index (Phi) is 4.74. The average Bonchev–Trinajstić information content (AvgIpc) is 3.24. The van der Waals surface area contributed by atoms with Crippen molar-refractivity contribution in [1.82, 2.24) is 19.2 Å². The molecule has 0 spiro atoms. The van der Waals surface area contributed by atoms with Gasteiger partial charge in [-0.1, -0.05) is 17.7 Å². The summed E-state index contributed by atoms with van der Waals surface area (Å²) >= 11 is 0. The second-order valence-electron chi connectivity index (χ2n) is 6.10. The lowest BCUT2D eigenvalue weighted by Gasteiger charge is -2.19. The summed E-state index contributed by atoms with van der Waals surface area (Å²) < 4.78 is 3.81. The summed E-state index contributed by atoms with van der Waals surface area (Å²) in [6.45, 7) is 9.30. The molecule has 2 aromatic heterocycles. The Bertz CT molecular complexity index is 856. The molecule has 0 radical (unpaired) electrons. The summed E-state index contributed by atoms with van der Waals surface area (Å²) in [6, 6.07) is 12.1. The Balaban J connectivity index is 2.22. The molecule has 2 heterocycles. The van der Waals surface area contributed by atoms with E-state index in [0.29, 0.717) is 18.7 Å². The van der Waals surface area contributed by atoms with Crippen molar-refractivity contribution in [3.63, 3.8) is 0 Å². The van der Waals surface area contributed by atoms with Gasteiger partial charge >= 0.3 is 0 Å². The Hall–Kier alpha value is -2.82. The van der Waals surface area contributed by atoms with E-state index in [0.717, 1.165) is 17.2 Å². The smallest absolute Gasteiger partial charge is 0.259 e. The maximum atomic E-state index is 13.1. The summed E-state index contributed by atoms with van der Waals surface area (Å²) in [6.07, 6.45) is 3.89. The van der Waals surface area contributed by atoms with Gasteiger partial charge in [-0.2, -0.15) is 5.10 Å². The van der Waals surface area contributed by atoms with Crippen molar-refractivity contribution in [1.29, 1.82) is 0 Å². The summed E-state index contributed by atoms with van der Waals surface area (Å²) in [5, 5.41) is 4.69. The van der Waals surface area contributed by atoms with Gasteiger partial charge in [-0.25, -0.2) is 4.68 Å². The largest absolute Gasteiger partial charge is 0.339 e. The van der Waals surface area contributed by atoms with Crippen LogP contribution in [0, 0.1) is 13.8 Å². The first-order chi connectivity index (χ1) is 12.1. The van der Waals surface area contributed by atoms with Gasteiger partial charge in [0.1, 0.15) is 5.56 Å². The van der Waals surface area contributed by atoms with Crippen LogP contribution >= 0.6 is 0 Å². The number of aryl methyl sites for hydroxylation is 2. The summed E-state index contributed by atoms with van der Waals surface area (Å²) in [4.78, 5) is 14.9. The van der Waals surface area contributed by atoms with E-state index in [9.17, 15) is 4.79 Å². The highest BCUT2D eigenvalue weighted by Gasteiger charge is 2.26. The fourth-order valence-electron chi connectivity index (χ4n) is 3.01. The van der Waals surface area contributed by atoms with Crippen molar-refractivity contribution >= 4 is 5.91 Å². The molecule has 0 bridgehead atoms. The van der Waals surface area contributed by atoms with E-state index in [2.05, 4.69) is 24.2 Å². The molecule has 0 unspecified atom stereocenters. The molecule has 0 fully saturated rings. The van der Waals surface area contributed by atoms with Crippen molar-refractivity contribution in [2.75, 3.05) is 13.1 Å². The number of carbonyl (C=O) groups excluding carboxylic acids is 1. The van der Waals surface area contributed by atoms with Gasteiger partial charge in [-0.3, -0.25) is 4.79 Å². The first kappa shape index (κ1) is 17.0. The predicted molar refractivity (Wildman–Crippen MR) is 99.6 cm³/mol. The zero-order chi connectivity index (χ0) is 18.0. The van der Waals surface area contributed by atoms with Crippen LogP contribution in [0.15, 0.2) is 48.8 Å². The summed E-state index contributed by atoms with van der Waals surface area (Å²) in [7, 11) is 0. The highest BCUT2D eigenvalue weighted by molar-refractivity contribution is 5.98. The van der Waals surface area contributed by atoms with Crippen LogP contribution in [0.1, 0.15) is 35.5 Å². The minimum atomic E-state index is 0.0181. The number of carbonyl (C=O) groups is 1. The molecule has 5 nitrogen and oxygen atoms in total. The molecule has 0 aliphatic rings. The summed E-state index contributed by atoms with van der Waals surface area (Å²) in [5.74, 6) is 0.799. The number of hydrogen-bond donors (Lipinski definition) is 0. The fourth-order valence-corrected chi connectivity index (χ4v) is 3.01. The van der Waals surface area contributed by atoms with Gasteiger partial charge in [0.15, 0.2) is 5.82 Å². The molecule has 0 aliphatic heterocycles. The molecule has 0 atom stereocenters. The Labute approximate surface area is 148 Å². The first-order valence-electron chi connectivity index (χ1n) is 8.66. The molecule has 5 heteroatoms. The van der Waals surface area contributed by atoms with Crippen LogP contribution < -0.4 is 0 Å². The van der Waals surface area contributed by atoms with E-state index in [4.69, 9.17) is 0 Å². The van der Waals surface area contributed by atoms with Gasteiger partial charge in [0.2, 0.25) is 0 Å². The molecular formula is C20H24N4O. The Morgan fingerprint density at radius 2 is 1.64 bits per heavy atom. The lowest BCUT2D eigenvalue weighted by atomic mass is 10.2. The Morgan fingerprint density at radius 3 is 2.20 bits per heavy atom. The van der Waals surface area contributed by atoms with Gasteiger partial charge < -0.3 is 9.47 Å². The fraction of sp³-hybridized carbons (Fsp3) is 0.300. The molecule has 130 valence electrons. The maximum absolute atomic E-state index is 13.1. The third kappa shape index (κ3) is 3.09. The third-order valence-electron chi connectivity index (χ3n) is 4.43. The second-order valence-corrected chi connectivity index (χ2v) is 6.10. The molecule has 25 heavy (non-hydrogen) atoms. The van der Waals surface area contributed by atoms with Crippen LogP contribution in [0.4, 0.5) is 0 Å². The molecule has 0 aliphatic carbocycles. The molecule has 0 saturated carbocycles. The maximum Gasteiger partial charge on any atom is 0.259 e. The molecule has 0 saturated heterocycles. The van der Waals surface area contributed by atoms with Crippen LogP contribution in [0.5, 0.6) is 0 Å². The van der Waals surface area contributed by atoms with Gasteiger partial charge in [0.05, 0.1) is 11.4 Å². The van der Waals surface area contributed by atoms with Crippen LogP contribution in [0.25, 0.3) is 11.5 Å². The van der Waals surface area contributed by atoms with E-state index in [1.54, 1.807) is 0 Å². The molecule has 0 N–H and O–H groups in total. The lowest BCUT2D eigenvalue weighted by Crippen LogP contribution is -2.31. The standard InChI is InChI=1S/C20H24N4O/c1-5-22(6-2)20(25)18-16(4)21-24(17-11-9-15(3)10-12-17)19(18)23-13-7-8-14-23/h7-14H,5-6H2,1-4H3. The molecule has 1 aromatic carbocycles. The number of amides is 1. The second kappa shape index (κ2) is 6.97. The van der Waals surface area contributed by atoms with Crippen molar-refractivity contribution in [3.8, 4) is 11.5 Å².